The fourth-order valence-electron chi connectivity index (χ4n) is 4.61. The maximum atomic E-state index is 13.7. The molecule has 1 saturated heterocycles. The quantitative estimate of drug-likeness (QED) is 0.801. The zero-order valence-corrected chi connectivity index (χ0v) is 18.6. The molecule has 2 unspecified atom stereocenters. The molecule has 1 fully saturated rings. The Kier molecular flexibility index (Phi) is 4.93. The third kappa shape index (κ3) is 3.39. The number of nitrogens with one attached hydrogen (secondary N) is 1. The van der Waals surface area contributed by atoms with Gasteiger partial charge in [-0.3, -0.25) is 0 Å². The van der Waals surface area contributed by atoms with Gasteiger partial charge in [0.05, 0.1) is 11.9 Å². The van der Waals surface area contributed by atoms with Crippen LogP contribution >= 0.6 is 0 Å². The number of rotatable bonds is 3. The lowest BCUT2D eigenvalue weighted by molar-refractivity contribution is 0.0198. The van der Waals surface area contributed by atoms with Crippen molar-refractivity contribution in [2.75, 3.05) is 13.1 Å². The largest absolute Gasteiger partial charge is 0.443 e. The first-order valence-electron chi connectivity index (χ1n) is 10.1. The van der Waals surface area contributed by atoms with Gasteiger partial charge in [0.25, 0.3) is 10.0 Å². The molecule has 2 atom stereocenters. The summed E-state index contributed by atoms with van der Waals surface area (Å²) in [6, 6.07) is 8.05. The smallest absolute Gasteiger partial charge is 0.425 e. The maximum Gasteiger partial charge on any atom is 0.425 e. The highest BCUT2D eigenvalue weighted by molar-refractivity contribution is 7.89. The van der Waals surface area contributed by atoms with E-state index in [-0.39, 0.29) is 10.9 Å². The van der Waals surface area contributed by atoms with E-state index >= 15 is 0 Å². The summed E-state index contributed by atoms with van der Waals surface area (Å²) in [5.74, 6) is -0.159. The number of aromatic nitrogens is 2. The zero-order valence-electron chi connectivity index (χ0n) is 17.8. The minimum Gasteiger partial charge on any atom is -0.443 e. The van der Waals surface area contributed by atoms with Gasteiger partial charge in [0.2, 0.25) is 0 Å². The molecule has 1 N–H and O–H groups in total. The molecule has 1 aliphatic heterocycles. The van der Waals surface area contributed by atoms with Crippen molar-refractivity contribution in [3.63, 3.8) is 0 Å². The van der Waals surface area contributed by atoms with E-state index in [0.29, 0.717) is 25.9 Å². The Morgan fingerprint density at radius 3 is 2.73 bits per heavy atom. The Morgan fingerprint density at radius 2 is 2.07 bits per heavy atom. The summed E-state index contributed by atoms with van der Waals surface area (Å²) in [5, 5.41) is 3.18. The number of ether oxygens (including phenoxy) is 1. The summed E-state index contributed by atoms with van der Waals surface area (Å²) in [6.45, 7) is 6.16. The van der Waals surface area contributed by atoms with Gasteiger partial charge in [-0.05, 0) is 44.7 Å². The Hall–Kier alpha value is -2.39. The summed E-state index contributed by atoms with van der Waals surface area (Å²) in [5.41, 5.74) is 0.493. The van der Waals surface area contributed by atoms with Crippen molar-refractivity contribution in [1.29, 1.82) is 0 Å². The minimum absolute atomic E-state index is 0.158. The normalized spacial score (nSPS) is 23.5. The second-order valence-electron chi connectivity index (χ2n) is 9.11. The van der Waals surface area contributed by atoms with Crippen LogP contribution in [0.5, 0.6) is 0 Å². The third-order valence-corrected chi connectivity index (χ3v) is 7.57. The third-order valence-electron chi connectivity index (χ3n) is 5.84. The van der Waals surface area contributed by atoms with Gasteiger partial charge in [0, 0.05) is 32.3 Å². The minimum atomic E-state index is -4.23. The lowest BCUT2D eigenvalue weighted by Crippen LogP contribution is -2.60. The van der Waals surface area contributed by atoms with Gasteiger partial charge in [0.1, 0.15) is 5.60 Å². The standard InChI is InChI=1S/C21H28N4O4S/c1-20(2,3)29-19(26)25(30(27,28)18-12-24(4)14-23-18)21-10-9-15-7-5-6-8-16(15)17(21)11-22-13-21/h5-8,12,14,17,22H,9-11,13H2,1-4H3. The van der Waals surface area contributed by atoms with E-state index in [2.05, 4.69) is 16.4 Å². The summed E-state index contributed by atoms with van der Waals surface area (Å²) in [6.07, 6.45) is 3.18. The van der Waals surface area contributed by atoms with Crippen LogP contribution in [0.2, 0.25) is 0 Å². The highest BCUT2D eigenvalue weighted by Gasteiger charge is 2.58. The molecule has 1 amide bonds. The Balaban J connectivity index is 1.87. The molecule has 2 heterocycles. The molecule has 2 aromatic rings. The number of imidazole rings is 1. The molecule has 30 heavy (non-hydrogen) atoms. The summed E-state index contributed by atoms with van der Waals surface area (Å²) in [4.78, 5) is 17.4. The number of carbonyl (C=O) groups excluding carboxylic acids is 1. The number of amides is 1. The molecule has 1 aromatic carbocycles. The molecule has 8 nitrogen and oxygen atoms in total. The van der Waals surface area contributed by atoms with Crippen LogP contribution < -0.4 is 5.32 Å². The van der Waals surface area contributed by atoms with Crippen LogP contribution in [0.3, 0.4) is 0 Å². The van der Waals surface area contributed by atoms with Crippen molar-refractivity contribution in [2.45, 2.75) is 55.7 Å². The van der Waals surface area contributed by atoms with Crippen molar-refractivity contribution >= 4 is 16.1 Å². The SMILES string of the molecule is Cn1cnc(S(=O)(=O)N(C(=O)OC(C)(C)C)C23CCc4ccccc4C2CNC3)c1. The van der Waals surface area contributed by atoms with Crippen LogP contribution in [-0.4, -0.2) is 52.6 Å². The van der Waals surface area contributed by atoms with Gasteiger partial charge in [-0.25, -0.2) is 9.78 Å². The van der Waals surface area contributed by atoms with E-state index in [1.54, 1.807) is 32.4 Å². The van der Waals surface area contributed by atoms with Gasteiger partial charge in [-0.15, -0.1) is 0 Å². The molecule has 1 aliphatic carbocycles. The van der Waals surface area contributed by atoms with E-state index in [1.165, 1.54) is 18.1 Å². The summed E-state index contributed by atoms with van der Waals surface area (Å²) in [7, 11) is -2.54. The van der Waals surface area contributed by atoms with Crippen molar-refractivity contribution in [1.82, 2.24) is 19.2 Å². The molecular weight excluding hydrogens is 404 g/mol. The van der Waals surface area contributed by atoms with Crippen LogP contribution in [0, 0.1) is 0 Å². The first-order valence-corrected chi connectivity index (χ1v) is 11.5. The number of sulfonamides is 1. The van der Waals surface area contributed by atoms with Gasteiger partial charge in [-0.2, -0.15) is 12.7 Å². The Labute approximate surface area is 177 Å². The number of benzene rings is 1. The van der Waals surface area contributed by atoms with E-state index in [9.17, 15) is 13.2 Å². The highest BCUT2D eigenvalue weighted by Crippen LogP contribution is 2.47. The van der Waals surface area contributed by atoms with Gasteiger partial charge in [-0.1, -0.05) is 24.3 Å². The molecule has 2 aliphatic rings. The number of nitrogens with zero attached hydrogens (tertiary/aromatic N) is 3. The molecule has 162 valence electrons. The molecular formula is C21H28N4O4S. The van der Waals surface area contributed by atoms with E-state index in [0.717, 1.165) is 9.87 Å². The van der Waals surface area contributed by atoms with Crippen LogP contribution in [0.1, 0.15) is 44.2 Å². The molecule has 0 saturated carbocycles. The van der Waals surface area contributed by atoms with E-state index < -0.39 is 27.3 Å². The van der Waals surface area contributed by atoms with E-state index in [1.807, 2.05) is 18.2 Å². The predicted molar refractivity (Wildman–Crippen MR) is 112 cm³/mol. The van der Waals surface area contributed by atoms with Crippen LogP contribution in [0.15, 0.2) is 41.8 Å². The van der Waals surface area contributed by atoms with Gasteiger partial charge < -0.3 is 14.6 Å². The number of carbonyl (C=O) groups is 1. The monoisotopic (exact) mass is 432 g/mol. The lowest BCUT2D eigenvalue weighted by Gasteiger charge is -2.46. The average Bonchev–Trinajstić information content (AvgIpc) is 3.27. The number of hydrogen-bond acceptors (Lipinski definition) is 6. The predicted octanol–water partition coefficient (Wildman–Crippen LogP) is 2.42. The van der Waals surface area contributed by atoms with Crippen LogP contribution in [0.4, 0.5) is 4.79 Å². The number of hydrogen-bond donors (Lipinski definition) is 1. The molecule has 9 heteroatoms. The van der Waals surface area contributed by atoms with Crippen molar-refractivity contribution in [2.24, 2.45) is 7.05 Å². The molecule has 0 radical (unpaired) electrons. The number of fused-ring (bicyclic) bond motifs is 3. The van der Waals surface area contributed by atoms with Crippen molar-refractivity contribution in [3.8, 4) is 0 Å². The van der Waals surface area contributed by atoms with Gasteiger partial charge >= 0.3 is 6.09 Å². The second kappa shape index (κ2) is 7.09. The highest BCUT2D eigenvalue weighted by atomic mass is 32.2. The first kappa shape index (κ1) is 20.9. The maximum absolute atomic E-state index is 13.7. The lowest BCUT2D eigenvalue weighted by atomic mass is 9.71. The summed E-state index contributed by atoms with van der Waals surface area (Å²) < 4.78 is 35.6. The van der Waals surface area contributed by atoms with Crippen LogP contribution in [-0.2, 0) is 28.2 Å². The first-order chi connectivity index (χ1) is 14.0. The zero-order chi connectivity index (χ0) is 21.7. The topological polar surface area (TPSA) is 93.5 Å². The number of aryl methyl sites for hydroxylation is 2. The van der Waals surface area contributed by atoms with Crippen LogP contribution in [0.25, 0.3) is 0 Å². The molecule has 4 rings (SSSR count). The fraction of sp³-hybridized carbons (Fsp3) is 0.524. The molecule has 0 spiro atoms. The molecule has 1 aromatic heterocycles. The summed E-state index contributed by atoms with van der Waals surface area (Å²) >= 11 is 0. The Bertz CT molecular complexity index is 1070. The van der Waals surface area contributed by atoms with Crippen molar-refractivity contribution in [3.05, 3.63) is 47.9 Å². The average molecular weight is 433 g/mol. The molecule has 0 bridgehead atoms. The van der Waals surface area contributed by atoms with E-state index in [4.69, 9.17) is 4.74 Å². The second-order valence-corrected chi connectivity index (χ2v) is 10.8. The fourth-order valence-corrected chi connectivity index (χ4v) is 6.28. The Morgan fingerprint density at radius 1 is 1.33 bits per heavy atom. The van der Waals surface area contributed by atoms with Gasteiger partial charge in [0.15, 0.2) is 5.03 Å². The van der Waals surface area contributed by atoms with Crippen molar-refractivity contribution < 1.29 is 17.9 Å².